The Kier molecular flexibility index (Phi) is 3.82. The standard InChI is InChI=1S/C12H16S2/c13-7-8-14-12-6-5-10-3-1-2-4-11(10)9-12/h5-6,9,13H,1-4,7-8H2. The van der Waals surface area contributed by atoms with E-state index in [0.717, 1.165) is 11.5 Å². The lowest BCUT2D eigenvalue weighted by atomic mass is 9.92. The molecule has 0 spiro atoms. The molecule has 0 radical (unpaired) electrons. The van der Waals surface area contributed by atoms with Crippen LogP contribution in [0, 0.1) is 0 Å². The summed E-state index contributed by atoms with van der Waals surface area (Å²) in [5, 5.41) is 0. The highest BCUT2D eigenvalue weighted by atomic mass is 32.2. The lowest BCUT2D eigenvalue weighted by molar-refractivity contribution is 0.683. The van der Waals surface area contributed by atoms with Crippen molar-refractivity contribution in [1.82, 2.24) is 0 Å². The van der Waals surface area contributed by atoms with Crippen molar-refractivity contribution in [3.8, 4) is 0 Å². The molecule has 2 rings (SSSR count). The topological polar surface area (TPSA) is 0 Å². The van der Waals surface area contributed by atoms with Gasteiger partial charge in [0.25, 0.3) is 0 Å². The number of thioether (sulfide) groups is 1. The Morgan fingerprint density at radius 3 is 2.71 bits per heavy atom. The first-order chi connectivity index (χ1) is 6.90. The van der Waals surface area contributed by atoms with Crippen LogP contribution in [0.5, 0.6) is 0 Å². The van der Waals surface area contributed by atoms with Crippen molar-refractivity contribution in [2.24, 2.45) is 0 Å². The molecule has 76 valence electrons. The van der Waals surface area contributed by atoms with Crippen LogP contribution in [0.15, 0.2) is 23.1 Å². The minimum Gasteiger partial charge on any atom is -0.178 e. The molecular weight excluding hydrogens is 208 g/mol. The Balaban J connectivity index is 2.12. The van der Waals surface area contributed by atoms with Gasteiger partial charge in [0.1, 0.15) is 0 Å². The molecule has 0 heterocycles. The summed E-state index contributed by atoms with van der Waals surface area (Å²) in [6.45, 7) is 0. The maximum Gasteiger partial charge on any atom is 0.00751 e. The molecule has 0 atom stereocenters. The van der Waals surface area contributed by atoms with Gasteiger partial charge in [-0.3, -0.25) is 0 Å². The SMILES string of the molecule is SCCSc1ccc2c(c1)CCCC2. The zero-order valence-electron chi connectivity index (χ0n) is 8.33. The van der Waals surface area contributed by atoms with Gasteiger partial charge in [0, 0.05) is 10.6 Å². The van der Waals surface area contributed by atoms with Crippen LogP contribution in [-0.2, 0) is 12.8 Å². The highest BCUT2D eigenvalue weighted by molar-refractivity contribution is 8.00. The van der Waals surface area contributed by atoms with Crippen LogP contribution in [0.3, 0.4) is 0 Å². The van der Waals surface area contributed by atoms with Crippen LogP contribution in [0.1, 0.15) is 24.0 Å². The maximum absolute atomic E-state index is 4.23. The van der Waals surface area contributed by atoms with Crippen molar-refractivity contribution >= 4 is 24.4 Å². The third-order valence-electron chi connectivity index (χ3n) is 2.68. The quantitative estimate of drug-likeness (QED) is 0.605. The van der Waals surface area contributed by atoms with E-state index in [2.05, 4.69) is 30.8 Å². The van der Waals surface area contributed by atoms with Crippen molar-refractivity contribution in [2.75, 3.05) is 11.5 Å². The first-order valence-corrected chi connectivity index (χ1v) is 6.87. The number of hydrogen-bond donors (Lipinski definition) is 1. The molecule has 1 aromatic carbocycles. The summed E-state index contributed by atoms with van der Waals surface area (Å²) < 4.78 is 0. The van der Waals surface area contributed by atoms with Gasteiger partial charge in [0.05, 0.1) is 0 Å². The summed E-state index contributed by atoms with van der Waals surface area (Å²) in [6.07, 6.45) is 5.31. The molecular formula is C12H16S2. The van der Waals surface area contributed by atoms with Crippen molar-refractivity contribution < 1.29 is 0 Å². The van der Waals surface area contributed by atoms with Gasteiger partial charge in [-0.1, -0.05) is 6.07 Å². The largest absolute Gasteiger partial charge is 0.178 e. The summed E-state index contributed by atoms with van der Waals surface area (Å²) in [7, 11) is 0. The molecule has 1 aliphatic carbocycles. The molecule has 0 saturated heterocycles. The van der Waals surface area contributed by atoms with E-state index in [9.17, 15) is 0 Å². The van der Waals surface area contributed by atoms with E-state index in [4.69, 9.17) is 0 Å². The lowest BCUT2D eigenvalue weighted by Gasteiger charge is -2.16. The van der Waals surface area contributed by atoms with Gasteiger partial charge in [0.2, 0.25) is 0 Å². The zero-order chi connectivity index (χ0) is 9.80. The van der Waals surface area contributed by atoms with E-state index in [-0.39, 0.29) is 0 Å². The summed E-state index contributed by atoms with van der Waals surface area (Å²) >= 11 is 6.15. The molecule has 0 fully saturated rings. The minimum atomic E-state index is 0.960. The van der Waals surface area contributed by atoms with Crippen molar-refractivity contribution in [3.63, 3.8) is 0 Å². The fraction of sp³-hybridized carbons (Fsp3) is 0.500. The molecule has 0 saturated carbocycles. The van der Waals surface area contributed by atoms with Gasteiger partial charge in [-0.15, -0.1) is 11.8 Å². The third kappa shape index (κ3) is 2.48. The van der Waals surface area contributed by atoms with Crippen LogP contribution in [0.2, 0.25) is 0 Å². The van der Waals surface area contributed by atoms with Crippen molar-refractivity contribution in [1.29, 1.82) is 0 Å². The Hall–Kier alpha value is -0.0800. The number of fused-ring (bicyclic) bond motifs is 1. The summed E-state index contributed by atoms with van der Waals surface area (Å²) in [5.74, 6) is 2.07. The minimum absolute atomic E-state index is 0.960. The van der Waals surface area contributed by atoms with Gasteiger partial charge < -0.3 is 0 Å². The van der Waals surface area contributed by atoms with Gasteiger partial charge in [0.15, 0.2) is 0 Å². The predicted octanol–water partition coefficient (Wildman–Crippen LogP) is 3.59. The second kappa shape index (κ2) is 5.13. The van der Waals surface area contributed by atoms with E-state index < -0.39 is 0 Å². The van der Waals surface area contributed by atoms with Crippen LogP contribution >= 0.6 is 24.4 Å². The maximum atomic E-state index is 4.23. The fourth-order valence-corrected chi connectivity index (χ4v) is 2.95. The predicted molar refractivity (Wildman–Crippen MR) is 67.7 cm³/mol. The molecule has 0 amide bonds. The summed E-state index contributed by atoms with van der Waals surface area (Å²) in [4.78, 5) is 1.42. The first-order valence-electron chi connectivity index (χ1n) is 5.25. The van der Waals surface area contributed by atoms with Gasteiger partial charge in [-0.25, -0.2) is 0 Å². The molecule has 0 nitrogen and oxygen atoms in total. The molecule has 1 aromatic rings. The van der Waals surface area contributed by atoms with E-state index in [1.807, 2.05) is 11.8 Å². The van der Waals surface area contributed by atoms with Gasteiger partial charge >= 0.3 is 0 Å². The zero-order valence-corrected chi connectivity index (χ0v) is 10.0. The Labute approximate surface area is 95.9 Å². The molecule has 2 heteroatoms. The molecule has 0 N–H and O–H groups in total. The van der Waals surface area contributed by atoms with E-state index in [0.29, 0.717) is 0 Å². The molecule has 0 aromatic heterocycles. The monoisotopic (exact) mass is 224 g/mol. The number of rotatable bonds is 3. The smallest absolute Gasteiger partial charge is 0.00751 e. The van der Waals surface area contributed by atoms with Crippen LogP contribution in [0.25, 0.3) is 0 Å². The normalized spacial score (nSPS) is 15.2. The number of thiol groups is 1. The molecule has 0 unspecified atom stereocenters. The number of aryl methyl sites for hydroxylation is 2. The number of hydrogen-bond acceptors (Lipinski definition) is 2. The van der Waals surface area contributed by atoms with E-state index in [1.54, 1.807) is 11.1 Å². The summed E-state index contributed by atoms with van der Waals surface area (Å²) in [6, 6.07) is 6.95. The van der Waals surface area contributed by atoms with Crippen LogP contribution in [-0.4, -0.2) is 11.5 Å². The van der Waals surface area contributed by atoms with Crippen molar-refractivity contribution in [3.05, 3.63) is 29.3 Å². The lowest BCUT2D eigenvalue weighted by Crippen LogP contribution is -2.02. The summed E-state index contributed by atoms with van der Waals surface area (Å²) in [5.41, 5.74) is 3.16. The molecule has 14 heavy (non-hydrogen) atoms. The average Bonchev–Trinajstić information content (AvgIpc) is 2.26. The second-order valence-corrected chi connectivity index (χ2v) is 5.33. The first kappa shape index (κ1) is 10.4. The Bertz CT molecular complexity index is 307. The highest BCUT2D eigenvalue weighted by Gasteiger charge is 2.09. The number of benzene rings is 1. The van der Waals surface area contributed by atoms with E-state index >= 15 is 0 Å². The Morgan fingerprint density at radius 1 is 1.14 bits per heavy atom. The average molecular weight is 224 g/mol. The second-order valence-electron chi connectivity index (χ2n) is 3.71. The van der Waals surface area contributed by atoms with Crippen LogP contribution < -0.4 is 0 Å². The van der Waals surface area contributed by atoms with Crippen molar-refractivity contribution in [2.45, 2.75) is 30.6 Å². The third-order valence-corrected chi connectivity index (χ3v) is 4.20. The fourth-order valence-electron chi connectivity index (χ4n) is 1.96. The van der Waals surface area contributed by atoms with Gasteiger partial charge in [-0.2, -0.15) is 12.6 Å². The molecule has 0 bridgehead atoms. The van der Waals surface area contributed by atoms with Crippen LogP contribution in [0.4, 0.5) is 0 Å². The van der Waals surface area contributed by atoms with E-state index in [1.165, 1.54) is 30.6 Å². The van der Waals surface area contributed by atoms with Gasteiger partial charge in [-0.05, 0) is 54.7 Å². The highest BCUT2D eigenvalue weighted by Crippen LogP contribution is 2.26. The molecule has 0 aliphatic heterocycles. The Morgan fingerprint density at radius 2 is 1.93 bits per heavy atom. The molecule has 1 aliphatic rings.